The normalized spacial score (nSPS) is 11.4. The highest BCUT2D eigenvalue weighted by molar-refractivity contribution is 7.91. The molecule has 0 unspecified atom stereocenters. The van der Waals surface area contributed by atoms with Crippen molar-refractivity contribution in [1.29, 1.82) is 0 Å². The second kappa shape index (κ2) is 6.96. The topological polar surface area (TPSA) is 66.5 Å². The Morgan fingerprint density at radius 1 is 1.08 bits per heavy atom. The van der Waals surface area contributed by atoms with E-state index in [1.807, 2.05) is 0 Å². The van der Waals surface area contributed by atoms with Crippen LogP contribution in [0.4, 0.5) is 25.8 Å². The number of anilines is 3. The zero-order valence-corrected chi connectivity index (χ0v) is 13.8. The number of benzene rings is 2. The maximum atomic E-state index is 12.5. The molecule has 2 aromatic carbocycles. The van der Waals surface area contributed by atoms with E-state index in [0.29, 0.717) is 17.1 Å². The molecule has 1 amide bonds. The van der Waals surface area contributed by atoms with Crippen molar-refractivity contribution in [1.82, 2.24) is 0 Å². The molecule has 0 aliphatic heterocycles. The number of carbonyl (C=O) groups excluding carboxylic acids is 1. The maximum Gasteiger partial charge on any atom is 0.341 e. The van der Waals surface area contributed by atoms with Crippen LogP contribution in [0.25, 0.3) is 0 Å². The fourth-order valence-corrected chi connectivity index (χ4v) is 2.69. The van der Waals surface area contributed by atoms with E-state index in [4.69, 9.17) is 0 Å². The molecule has 128 valence electrons. The standard InChI is InChI=1S/C16H16F2N2O3S/c1-11(21)20(2)14-5-3-4-13(10-14)19-12-6-8-15(9-7-12)24(22,23)16(17)18/h3-10,16,19H,1-2H3. The van der Waals surface area contributed by atoms with Gasteiger partial charge in [0.2, 0.25) is 15.7 Å². The molecule has 0 spiro atoms. The summed E-state index contributed by atoms with van der Waals surface area (Å²) in [5.41, 5.74) is 1.89. The molecular weight excluding hydrogens is 338 g/mol. The molecule has 2 aromatic rings. The fraction of sp³-hybridized carbons (Fsp3) is 0.188. The number of sulfone groups is 1. The fourth-order valence-electron chi connectivity index (χ4n) is 1.97. The molecule has 0 fully saturated rings. The van der Waals surface area contributed by atoms with E-state index in [-0.39, 0.29) is 5.91 Å². The Morgan fingerprint density at radius 3 is 2.25 bits per heavy atom. The predicted molar refractivity (Wildman–Crippen MR) is 88.4 cm³/mol. The van der Waals surface area contributed by atoms with E-state index < -0.39 is 20.5 Å². The van der Waals surface area contributed by atoms with Gasteiger partial charge < -0.3 is 10.2 Å². The first-order valence-electron chi connectivity index (χ1n) is 6.95. The quantitative estimate of drug-likeness (QED) is 0.894. The molecule has 0 heterocycles. The average molecular weight is 354 g/mol. The predicted octanol–water partition coefficient (Wildman–Crippen LogP) is 3.41. The van der Waals surface area contributed by atoms with E-state index in [1.165, 1.54) is 24.0 Å². The van der Waals surface area contributed by atoms with Crippen LogP contribution in [0.15, 0.2) is 53.4 Å². The van der Waals surface area contributed by atoms with Crippen LogP contribution in [0.1, 0.15) is 6.92 Å². The van der Waals surface area contributed by atoms with Gasteiger partial charge in [-0.1, -0.05) is 6.07 Å². The molecule has 24 heavy (non-hydrogen) atoms. The highest BCUT2D eigenvalue weighted by Gasteiger charge is 2.26. The second-order valence-electron chi connectivity index (χ2n) is 5.08. The highest BCUT2D eigenvalue weighted by atomic mass is 32.2. The van der Waals surface area contributed by atoms with Gasteiger partial charge in [-0.2, -0.15) is 8.78 Å². The summed E-state index contributed by atoms with van der Waals surface area (Å²) in [6.45, 7) is 1.45. The Labute approximate surface area is 138 Å². The molecule has 2 rings (SSSR count). The van der Waals surface area contributed by atoms with E-state index in [9.17, 15) is 22.0 Å². The van der Waals surface area contributed by atoms with Crippen LogP contribution in [0, 0.1) is 0 Å². The minimum Gasteiger partial charge on any atom is -0.355 e. The molecule has 0 atom stereocenters. The van der Waals surface area contributed by atoms with Crippen molar-refractivity contribution in [2.45, 2.75) is 17.6 Å². The third kappa shape index (κ3) is 3.88. The summed E-state index contributed by atoms with van der Waals surface area (Å²) < 4.78 is 47.7. The highest BCUT2D eigenvalue weighted by Crippen LogP contribution is 2.24. The number of carbonyl (C=O) groups is 1. The van der Waals surface area contributed by atoms with Crippen LogP contribution < -0.4 is 10.2 Å². The van der Waals surface area contributed by atoms with Gasteiger partial charge in [0.05, 0.1) is 4.90 Å². The number of nitrogens with zero attached hydrogens (tertiary/aromatic N) is 1. The Morgan fingerprint density at radius 2 is 1.71 bits per heavy atom. The molecule has 0 radical (unpaired) electrons. The summed E-state index contributed by atoms with van der Waals surface area (Å²) in [7, 11) is -2.95. The van der Waals surface area contributed by atoms with E-state index in [2.05, 4.69) is 5.32 Å². The van der Waals surface area contributed by atoms with Gasteiger partial charge in [-0.15, -0.1) is 0 Å². The SMILES string of the molecule is CC(=O)N(C)c1cccc(Nc2ccc(S(=O)(=O)C(F)F)cc2)c1. The van der Waals surface area contributed by atoms with Crippen molar-refractivity contribution in [3.63, 3.8) is 0 Å². The smallest absolute Gasteiger partial charge is 0.341 e. The Balaban J connectivity index is 2.21. The van der Waals surface area contributed by atoms with Crippen molar-refractivity contribution in [2.24, 2.45) is 0 Å². The summed E-state index contributed by atoms with van der Waals surface area (Å²) >= 11 is 0. The van der Waals surface area contributed by atoms with Crippen LogP contribution in [-0.2, 0) is 14.6 Å². The van der Waals surface area contributed by atoms with Crippen molar-refractivity contribution in [2.75, 3.05) is 17.3 Å². The molecule has 8 heteroatoms. The zero-order valence-electron chi connectivity index (χ0n) is 13.0. The molecule has 0 aromatic heterocycles. The van der Waals surface area contributed by atoms with E-state index in [1.54, 1.807) is 31.3 Å². The van der Waals surface area contributed by atoms with Gasteiger partial charge in [0.1, 0.15) is 0 Å². The third-order valence-electron chi connectivity index (χ3n) is 3.41. The van der Waals surface area contributed by atoms with Gasteiger partial charge in [0, 0.05) is 31.0 Å². The molecule has 5 nitrogen and oxygen atoms in total. The number of halogens is 2. The van der Waals surface area contributed by atoms with Gasteiger partial charge in [-0.3, -0.25) is 4.79 Å². The lowest BCUT2D eigenvalue weighted by Gasteiger charge is -2.16. The van der Waals surface area contributed by atoms with Crippen molar-refractivity contribution >= 4 is 32.8 Å². The molecule has 0 aliphatic rings. The lowest BCUT2D eigenvalue weighted by atomic mass is 10.2. The van der Waals surface area contributed by atoms with Crippen molar-refractivity contribution in [3.05, 3.63) is 48.5 Å². The van der Waals surface area contributed by atoms with E-state index >= 15 is 0 Å². The van der Waals surface area contributed by atoms with Gasteiger partial charge >= 0.3 is 5.76 Å². The van der Waals surface area contributed by atoms with Crippen LogP contribution in [0.3, 0.4) is 0 Å². The summed E-state index contributed by atoms with van der Waals surface area (Å²) in [5, 5.41) is 3.03. The van der Waals surface area contributed by atoms with Gasteiger partial charge in [0.15, 0.2) is 0 Å². The molecule has 1 N–H and O–H groups in total. The van der Waals surface area contributed by atoms with Crippen molar-refractivity contribution in [3.8, 4) is 0 Å². The van der Waals surface area contributed by atoms with Crippen LogP contribution in [-0.4, -0.2) is 27.1 Å². The number of hydrogen-bond acceptors (Lipinski definition) is 4. The summed E-state index contributed by atoms with van der Waals surface area (Å²) in [6.07, 6.45) is 0. The number of alkyl halides is 2. The minimum absolute atomic E-state index is 0.117. The number of amides is 1. The van der Waals surface area contributed by atoms with Gasteiger partial charge in [-0.25, -0.2) is 8.42 Å². The maximum absolute atomic E-state index is 12.5. The first kappa shape index (κ1) is 17.9. The monoisotopic (exact) mass is 354 g/mol. The molecule has 0 saturated carbocycles. The first-order valence-corrected chi connectivity index (χ1v) is 8.50. The molecule has 0 bridgehead atoms. The van der Waals surface area contributed by atoms with Crippen LogP contribution in [0.5, 0.6) is 0 Å². The Bertz CT molecular complexity index is 837. The lowest BCUT2D eigenvalue weighted by molar-refractivity contribution is -0.116. The largest absolute Gasteiger partial charge is 0.355 e. The number of nitrogens with one attached hydrogen (secondary N) is 1. The zero-order chi connectivity index (χ0) is 17.9. The third-order valence-corrected chi connectivity index (χ3v) is 4.81. The Kier molecular flexibility index (Phi) is 5.18. The summed E-state index contributed by atoms with van der Waals surface area (Å²) in [4.78, 5) is 12.4. The van der Waals surface area contributed by atoms with Gasteiger partial charge in [0.25, 0.3) is 0 Å². The second-order valence-corrected chi connectivity index (χ2v) is 7.00. The van der Waals surface area contributed by atoms with E-state index in [0.717, 1.165) is 12.1 Å². The molecule has 0 aliphatic carbocycles. The molecular formula is C16H16F2N2O3S. The minimum atomic E-state index is -4.60. The lowest BCUT2D eigenvalue weighted by Crippen LogP contribution is -2.22. The van der Waals surface area contributed by atoms with Gasteiger partial charge in [-0.05, 0) is 42.5 Å². The summed E-state index contributed by atoms with van der Waals surface area (Å²) in [5.74, 6) is -3.57. The van der Waals surface area contributed by atoms with Crippen LogP contribution >= 0.6 is 0 Å². The van der Waals surface area contributed by atoms with Crippen molar-refractivity contribution < 1.29 is 22.0 Å². The average Bonchev–Trinajstić information content (AvgIpc) is 2.54. The van der Waals surface area contributed by atoms with Crippen LogP contribution in [0.2, 0.25) is 0 Å². The Hall–Kier alpha value is -2.48. The number of hydrogen-bond donors (Lipinski definition) is 1. The first-order chi connectivity index (χ1) is 11.2. The summed E-state index contributed by atoms with van der Waals surface area (Å²) in [6, 6.07) is 12.1. The molecule has 0 saturated heterocycles. The number of rotatable bonds is 5.